The van der Waals surface area contributed by atoms with Crippen LogP contribution in [0, 0.1) is 0 Å². The van der Waals surface area contributed by atoms with E-state index in [1.165, 1.54) is 4.90 Å². The van der Waals surface area contributed by atoms with Crippen LogP contribution in [0.25, 0.3) is 0 Å². The first kappa shape index (κ1) is 15.9. The third-order valence-corrected chi connectivity index (χ3v) is 3.95. The van der Waals surface area contributed by atoms with Gasteiger partial charge in [-0.2, -0.15) is 0 Å². The van der Waals surface area contributed by atoms with E-state index in [0.717, 1.165) is 5.69 Å². The molecule has 0 unspecified atom stereocenters. The van der Waals surface area contributed by atoms with Crippen molar-refractivity contribution in [1.82, 2.24) is 0 Å². The minimum Gasteiger partial charge on any atom is -0.482 e. The van der Waals surface area contributed by atoms with Gasteiger partial charge in [0.05, 0.1) is 5.69 Å². The Kier molecular flexibility index (Phi) is 4.12. The molecule has 0 bridgehead atoms. The Balaban J connectivity index is 1.78. The standard InChI is InChI=1S/C18H19N3O3/c1-20(2)14-7-4-12(5-8-14)18(23)19-13-6-9-16-15(10-13)21(3)17(22)11-24-16/h4-10H,11H2,1-3H3,(H,19,23). The summed E-state index contributed by atoms with van der Waals surface area (Å²) in [5, 5.41) is 2.85. The zero-order chi connectivity index (χ0) is 17.3. The molecule has 1 heterocycles. The van der Waals surface area contributed by atoms with Crippen molar-refractivity contribution < 1.29 is 14.3 Å². The lowest BCUT2D eigenvalue weighted by atomic mass is 10.1. The van der Waals surface area contributed by atoms with E-state index in [0.29, 0.717) is 22.7 Å². The van der Waals surface area contributed by atoms with E-state index < -0.39 is 0 Å². The first-order valence-electron chi connectivity index (χ1n) is 7.58. The lowest BCUT2D eigenvalue weighted by Crippen LogP contribution is -2.35. The zero-order valence-corrected chi connectivity index (χ0v) is 13.9. The van der Waals surface area contributed by atoms with Gasteiger partial charge in [0.1, 0.15) is 5.75 Å². The Bertz CT molecular complexity index is 785. The molecule has 1 aliphatic rings. The largest absolute Gasteiger partial charge is 0.482 e. The molecule has 0 fully saturated rings. The van der Waals surface area contributed by atoms with Crippen LogP contribution < -0.4 is 19.9 Å². The lowest BCUT2D eigenvalue weighted by Gasteiger charge is -2.26. The second-order valence-corrected chi connectivity index (χ2v) is 5.82. The number of carbonyl (C=O) groups excluding carboxylic acids is 2. The average Bonchev–Trinajstić information content (AvgIpc) is 2.58. The Morgan fingerprint density at radius 2 is 1.88 bits per heavy atom. The van der Waals surface area contributed by atoms with Crippen molar-refractivity contribution in [1.29, 1.82) is 0 Å². The number of hydrogen-bond acceptors (Lipinski definition) is 4. The molecule has 0 saturated heterocycles. The molecule has 0 spiro atoms. The fourth-order valence-corrected chi connectivity index (χ4v) is 2.46. The van der Waals surface area contributed by atoms with Crippen LogP contribution in [-0.2, 0) is 4.79 Å². The van der Waals surface area contributed by atoms with E-state index in [4.69, 9.17) is 4.74 Å². The number of amides is 2. The lowest BCUT2D eigenvalue weighted by molar-refractivity contribution is -0.120. The van der Waals surface area contributed by atoms with E-state index in [-0.39, 0.29) is 18.4 Å². The number of nitrogens with one attached hydrogen (secondary N) is 1. The maximum Gasteiger partial charge on any atom is 0.264 e. The van der Waals surface area contributed by atoms with Gasteiger partial charge in [-0.3, -0.25) is 9.59 Å². The number of carbonyl (C=O) groups is 2. The first-order chi connectivity index (χ1) is 11.5. The molecule has 0 radical (unpaired) electrons. The van der Waals surface area contributed by atoms with Gasteiger partial charge in [-0.1, -0.05) is 0 Å². The maximum atomic E-state index is 12.4. The Morgan fingerprint density at radius 1 is 1.17 bits per heavy atom. The molecule has 24 heavy (non-hydrogen) atoms. The van der Waals surface area contributed by atoms with E-state index in [1.807, 2.05) is 31.1 Å². The predicted molar refractivity (Wildman–Crippen MR) is 94.1 cm³/mol. The highest BCUT2D eigenvalue weighted by Crippen LogP contribution is 2.33. The predicted octanol–water partition coefficient (Wildman–Crippen LogP) is 2.36. The normalized spacial score (nSPS) is 13.1. The Morgan fingerprint density at radius 3 is 2.54 bits per heavy atom. The van der Waals surface area contributed by atoms with Gasteiger partial charge in [0.15, 0.2) is 6.61 Å². The van der Waals surface area contributed by atoms with Crippen molar-refractivity contribution in [2.45, 2.75) is 0 Å². The van der Waals surface area contributed by atoms with Gasteiger partial charge in [0.25, 0.3) is 11.8 Å². The van der Waals surface area contributed by atoms with Crippen molar-refractivity contribution in [2.24, 2.45) is 0 Å². The fraction of sp³-hybridized carbons (Fsp3) is 0.222. The van der Waals surface area contributed by atoms with Crippen LogP contribution in [0.3, 0.4) is 0 Å². The van der Waals surface area contributed by atoms with Gasteiger partial charge in [-0.05, 0) is 42.5 Å². The van der Waals surface area contributed by atoms with Crippen molar-refractivity contribution in [3.63, 3.8) is 0 Å². The molecule has 2 aromatic carbocycles. The molecule has 2 aromatic rings. The van der Waals surface area contributed by atoms with E-state index in [1.54, 1.807) is 37.4 Å². The molecule has 0 saturated carbocycles. The minimum atomic E-state index is -0.203. The summed E-state index contributed by atoms with van der Waals surface area (Å²) in [5.41, 5.74) is 2.85. The van der Waals surface area contributed by atoms with Crippen LogP contribution in [0.15, 0.2) is 42.5 Å². The van der Waals surface area contributed by atoms with Gasteiger partial charge >= 0.3 is 0 Å². The van der Waals surface area contributed by atoms with Crippen LogP contribution in [-0.4, -0.2) is 39.6 Å². The maximum absolute atomic E-state index is 12.4. The highest BCUT2D eigenvalue weighted by atomic mass is 16.5. The third-order valence-electron chi connectivity index (χ3n) is 3.95. The van der Waals surface area contributed by atoms with Gasteiger partial charge in [0.2, 0.25) is 0 Å². The average molecular weight is 325 g/mol. The summed E-state index contributed by atoms with van der Waals surface area (Å²) >= 11 is 0. The van der Waals surface area contributed by atoms with E-state index >= 15 is 0 Å². The number of ether oxygens (including phenoxy) is 1. The number of anilines is 3. The molecule has 0 aliphatic carbocycles. The zero-order valence-electron chi connectivity index (χ0n) is 13.9. The van der Waals surface area contributed by atoms with E-state index in [2.05, 4.69) is 5.32 Å². The number of benzene rings is 2. The van der Waals surface area contributed by atoms with Crippen LogP contribution in [0.4, 0.5) is 17.1 Å². The van der Waals surface area contributed by atoms with Gasteiger partial charge in [0, 0.05) is 38.1 Å². The topological polar surface area (TPSA) is 61.9 Å². The van der Waals surface area contributed by atoms with Crippen molar-refractivity contribution >= 4 is 28.9 Å². The van der Waals surface area contributed by atoms with Crippen LogP contribution in [0.2, 0.25) is 0 Å². The first-order valence-corrected chi connectivity index (χ1v) is 7.58. The number of hydrogen-bond donors (Lipinski definition) is 1. The smallest absolute Gasteiger partial charge is 0.264 e. The summed E-state index contributed by atoms with van der Waals surface area (Å²) in [7, 11) is 5.58. The molecule has 0 atom stereocenters. The fourth-order valence-electron chi connectivity index (χ4n) is 2.46. The SMILES string of the molecule is CN(C)c1ccc(C(=O)Nc2ccc3c(c2)N(C)C(=O)CO3)cc1. The summed E-state index contributed by atoms with van der Waals surface area (Å²) < 4.78 is 5.38. The molecule has 3 rings (SSSR count). The highest BCUT2D eigenvalue weighted by molar-refractivity contribution is 6.05. The molecular formula is C18H19N3O3. The molecular weight excluding hydrogens is 306 g/mol. The van der Waals surface area contributed by atoms with Crippen molar-refractivity contribution in [3.8, 4) is 5.75 Å². The van der Waals surface area contributed by atoms with E-state index in [9.17, 15) is 9.59 Å². The van der Waals surface area contributed by atoms with Gasteiger partial charge in [-0.25, -0.2) is 0 Å². The Hall–Kier alpha value is -3.02. The molecule has 1 N–H and O–H groups in total. The van der Waals surface area contributed by atoms with Crippen LogP contribution >= 0.6 is 0 Å². The molecule has 1 aliphatic heterocycles. The monoisotopic (exact) mass is 325 g/mol. The quantitative estimate of drug-likeness (QED) is 0.941. The molecule has 124 valence electrons. The summed E-state index contributed by atoms with van der Waals surface area (Å²) in [4.78, 5) is 27.6. The highest BCUT2D eigenvalue weighted by Gasteiger charge is 2.22. The van der Waals surface area contributed by atoms with Crippen molar-refractivity contribution in [2.75, 3.05) is 42.9 Å². The van der Waals surface area contributed by atoms with Gasteiger partial charge < -0.3 is 19.9 Å². The number of rotatable bonds is 3. The van der Waals surface area contributed by atoms with Gasteiger partial charge in [-0.15, -0.1) is 0 Å². The molecule has 2 amide bonds. The molecule has 6 heteroatoms. The summed E-state index contributed by atoms with van der Waals surface area (Å²) in [6.07, 6.45) is 0. The number of nitrogens with zero attached hydrogens (tertiary/aromatic N) is 2. The number of fused-ring (bicyclic) bond motifs is 1. The van der Waals surface area contributed by atoms with Crippen molar-refractivity contribution in [3.05, 3.63) is 48.0 Å². The molecule has 6 nitrogen and oxygen atoms in total. The summed E-state index contributed by atoms with van der Waals surface area (Å²) in [6.45, 7) is 0.0351. The second kappa shape index (κ2) is 6.23. The number of likely N-dealkylation sites (N-methyl/N-ethyl adjacent to an activating group) is 1. The Labute approximate surface area is 140 Å². The molecule has 0 aromatic heterocycles. The second-order valence-electron chi connectivity index (χ2n) is 5.82. The van der Waals surface area contributed by atoms with Crippen LogP contribution in [0.1, 0.15) is 10.4 Å². The third kappa shape index (κ3) is 3.03. The summed E-state index contributed by atoms with van der Waals surface area (Å²) in [6, 6.07) is 12.6. The van der Waals surface area contributed by atoms with Crippen LogP contribution in [0.5, 0.6) is 5.75 Å². The summed E-state index contributed by atoms with van der Waals surface area (Å²) in [5.74, 6) is 0.307. The minimum absolute atomic E-state index is 0.0351.